The molecule has 1 aliphatic carbocycles. The maximum absolute atomic E-state index is 13.1. The second-order valence-electron chi connectivity index (χ2n) is 8.72. The van der Waals surface area contributed by atoms with Crippen LogP contribution < -0.4 is 16.0 Å². The maximum Gasteiger partial charge on any atom is 0.239 e. The maximum atomic E-state index is 13.1. The molecule has 2 saturated heterocycles. The van der Waals surface area contributed by atoms with E-state index in [9.17, 15) is 19.4 Å². The second-order valence-corrected chi connectivity index (χ2v) is 8.72. The first-order valence-corrected chi connectivity index (χ1v) is 10.9. The van der Waals surface area contributed by atoms with Crippen molar-refractivity contribution in [2.75, 3.05) is 14.1 Å². The number of halogens is 1. The van der Waals surface area contributed by atoms with E-state index in [1.54, 1.807) is 14.1 Å². The van der Waals surface area contributed by atoms with E-state index in [1.807, 2.05) is 6.92 Å². The molecule has 32 heavy (non-hydrogen) atoms. The number of likely N-dealkylation sites (N-methyl/N-ethyl adjacent to an activating group) is 2. The first-order chi connectivity index (χ1) is 15.2. The van der Waals surface area contributed by atoms with E-state index in [1.165, 1.54) is 12.1 Å². The Balaban J connectivity index is 1.52. The van der Waals surface area contributed by atoms with Crippen LogP contribution in [-0.4, -0.2) is 89.8 Å². The summed E-state index contributed by atoms with van der Waals surface area (Å²) in [6.07, 6.45) is -1.53. The number of hydrogen-bond donors (Lipinski definition) is 5. The number of nitrogens with zero attached hydrogens (tertiary/aromatic N) is 1. The number of carbonyl (C=O) groups excluding carboxylic acids is 1. The van der Waals surface area contributed by atoms with Gasteiger partial charge in [-0.2, -0.15) is 0 Å². The van der Waals surface area contributed by atoms with E-state index in [-0.39, 0.29) is 18.6 Å². The summed E-state index contributed by atoms with van der Waals surface area (Å²) >= 11 is 0. The number of aliphatic hydroxyl groups is 2. The smallest absolute Gasteiger partial charge is 0.239 e. The van der Waals surface area contributed by atoms with Gasteiger partial charge in [0.2, 0.25) is 18.0 Å². The van der Waals surface area contributed by atoms with E-state index < -0.39 is 54.2 Å². The van der Waals surface area contributed by atoms with Crippen LogP contribution in [-0.2, 0) is 25.4 Å². The number of ether oxygens (including phenoxy) is 3. The quantitative estimate of drug-likeness (QED) is 0.372. The first-order valence-electron chi connectivity index (χ1n) is 10.9. The van der Waals surface area contributed by atoms with Crippen LogP contribution in [0.1, 0.15) is 25.5 Å². The lowest BCUT2D eigenvalue weighted by Gasteiger charge is -2.56. The van der Waals surface area contributed by atoms with Crippen LogP contribution in [0.15, 0.2) is 18.3 Å². The molecule has 4 rings (SSSR count). The van der Waals surface area contributed by atoms with Gasteiger partial charge in [-0.05, 0) is 46.0 Å². The van der Waals surface area contributed by atoms with Crippen molar-refractivity contribution in [3.05, 3.63) is 29.8 Å². The fraction of sp³-hybridized carbons (Fsp3) is 0.714. The van der Waals surface area contributed by atoms with Crippen LogP contribution in [0.25, 0.3) is 0 Å². The van der Waals surface area contributed by atoms with Gasteiger partial charge in [0, 0.05) is 11.7 Å². The van der Waals surface area contributed by atoms with Gasteiger partial charge < -0.3 is 40.4 Å². The van der Waals surface area contributed by atoms with Crippen molar-refractivity contribution in [1.82, 2.24) is 20.9 Å². The van der Waals surface area contributed by atoms with Crippen LogP contribution >= 0.6 is 0 Å². The van der Waals surface area contributed by atoms with Crippen LogP contribution in [0.5, 0.6) is 0 Å². The van der Waals surface area contributed by atoms with Gasteiger partial charge in [-0.15, -0.1) is 0 Å². The molecule has 0 aromatic carbocycles. The third-order valence-electron chi connectivity index (χ3n) is 6.54. The predicted octanol–water partition coefficient (Wildman–Crippen LogP) is -1.20. The molecule has 1 saturated carbocycles. The van der Waals surface area contributed by atoms with Crippen LogP contribution in [0, 0.1) is 5.82 Å². The number of hydrogen-bond acceptors (Lipinski definition) is 9. The predicted molar refractivity (Wildman–Crippen MR) is 110 cm³/mol. The molecule has 9 atom stereocenters. The molecule has 1 amide bonds. The highest BCUT2D eigenvalue weighted by Gasteiger charge is 2.61. The fourth-order valence-electron chi connectivity index (χ4n) is 4.86. The number of carbonyl (C=O) groups is 1. The van der Waals surface area contributed by atoms with Crippen LogP contribution in [0.2, 0.25) is 0 Å². The van der Waals surface area contributed by atoms with Gasteiger partial charge in [0.1, 0.15) is 11.9 Å². The van der Waals surface area contributed by atoms with E-state index in [4.69, 9.17) is 14.2 Å². The van der Waals surface area contributed by atoms with Gasteiger partial charge in [-0.25, -0.2) is 4.39 Å². The molecule has 0 spiro atoms. The molecule has 2 aliphatic heterocycles. The van der Waals surface area contributed by atoms with E-state index >= 15 is 0 Å². The molecule has 0 bridgehead atoms. The molecule has 3 aliphatic rings. The molecule has 3 heterocycles. The summed E-state index contributed by atoms with van der Waals surface area (Å²) in [5, 5.41) is 31.2. The van der Waals surface area contributed by atoms with E-state index in [2.05, 4.69) is 20.9 Å². The van der Waals surface area contributed by atoms with Gasteiger partial charge in [0.15, 0.2) is 0 Å². The number of rotatable bonds is 5. The Morgan fingerprint density at radius 2 is 2.06 bits per heavy atom. The summed E-state index contributed by atoms with van der Waals surface area (Å²) < 4.78 is 31.2. The van der Waals surface area contributed by atoms with Crippen molar-refractivity contribution in [1.29, 1.82) is 0 Å². The molecule has 1 aromatic heterocycles. The van der Waals surface area contributed by atoms with Crippen molar-refractivity contribution < 1.29 is 33.6 Å². The van der Waals surface area contributed by atoms with E-state index in [0.29, 0.717) is 18.5 Å². The van der Waals surface area contributed by atoms with Crippen LogP contribution in [0.3, 0.4) is 0 Å². The molecule has 11 heteroatoms. The van der Waals surface area contributed by atoms with Gasteiger partial charge in [0.05, 0.1) is 43.0 Å². The molecular formula is C21H31FN4O6. The summed E-state index contributed by atoms with van der Waals surface area (Å²) in [7, 11) is 3.47. The Bertz CT molecular complexity index is 816. The Kier molecular flexibility index (Phi) is 6.78. The highest BCUT2D eigenvalue weighted by molar-refractivity contribution is 5.78. The number of nitrogens with one attached hydrogen (secondary N) is 3. The van der Waals surface area contributed by atoms with Gasteiger partial charge in [0.25, 0.3) is 0 Å². The summed E-state index contributed by atoms with van der Waals surface area (Å²) in [6.45, 7) is 1.83. The molecule has 5 unspecified atom stereocenters. The highest BCUT2D eigenvalue weighted by Crippen LogP contribution is 2.41. The Morgan fingerprint density at radius 1 is 1.28 bits per heavy atom. The Morgan fingerprint density at radius 3 is 2.72 bits per heavy atom. The largest absolute Gasteiger partial charge is 0.390 e. The normalized spacial score (nSPS) is 41.4. The lowest BCUT2D eigenvalue weighted by molar-refractivity contribution is -0.442. The molecule has 178 valence electrons. The number of aliphatic hydroxyl groups excluding tert-OH is 1. The summed E-state index contributed by atoms with van der Waals surface area (Å²) in [6, 6.07) is 1.13. The Hall–Kier alpha value is -1.73. The first kappa shape index (κ1) is 23.4. The average Bonchev–Trinajstić information content (AvgIpc) is 2.75. The third-order valence-corrected chi connectivity index (χ3v) is 6.54. The number of amides is 1. The lowest BCUT2D eigenvalue weighted by Crippen LogP contribution is -2.76. The molecule has 3 fully saturated rings. The minimum absolute atomic E-state index is 0.0820. The SMILES string of the molecule is CN[C@@H]1C2O[C@@]3(O)C(NC(=O)Cc4ccc(F)cn4)C[C@@H](C)OC3OC2C[C@H](NC)C1O. The van der Waals surface area contributed by atoms with Crippen molar-refractivity contribution in [2.45, 2.75) is 80.8 Å². The Labute approximate surface area is 185 Å². The fourth-order valence-corrected chi connectivity index (χ4v) is 4.86. The molecule has 1 aromatic rings. The summed E-state index contributed by atoms with van der Waals surface area (Å²) in [5.41, 5.74) is 0.400. The lowest BCUT2D eigenvalue weighted by atomic mass is 9.81. The molecule has 10 nitrogen and oxygen atoms in total. The summed E-state index contributed by atoms with van der Waals surface area (Å²) in [5.74, 6) is -2.83. The minimum atomic E-state index is -1.94. The minimum Gasteiger partial charge on any atom is -0.390 e. The zero-order chi connectivity index (χ0) is 23.0. The van der Waals surface area contributed by atoms with Crippen molar-refractivity contribution in [3.8, 4) is 0 Å². The monoisotopic (exact) mass is 454 g/mol. The van der Waals surface area contributed by atoms with Crippen molar-refractivity contribution >= 4 is 5.91 Å². The van der Waals surface area contributed by atoms with Crippen molar-refractivity contribution in [3.63, 3.8) is 0 Å². The number of fused-ring (bicyclic) bond motifs is 2. The van der Waals surface area contributed by atoms with Gasteiger partial charge in [-0.3, -0.25) is 9.78 Å². The number of aromatic nitrogens is 1. The van der Waals surface area contributed by atoms with Gasteiger partial charge >= 0.3 is 0 Å². The number of pyridine rings is 1. The average molecular weight is 454 g/mol. The van der Waals surface area contributed by atoms with Crippen LogP contribution in [0.4, 0.5) is 4.39 Å². The second kappa shape index (κ2) is 9.26. The highest BCUT2D eigenvalue weighted by atomic mass is 19.1. The molecule has 5 N–H and O–H groups in total. The molecular weight excluding hydrogens is 423 g/mol. The molecule has 0 radical (unpaired) electrons. The van der Waals surface area contributed by atoms with E-state index in [0.717, 1.165) is 6.20 Å². The zero-order valence-corrected chi connectivity index (χ0v) is 18.3. The third kappa shape index (κ3) is 4.38. The standard InChI is InChI=1S/C21H31FN4O6/c1-10-6-15(26-16(27)7-12-5-4-11(22)9-25-12)21(29)20(30-10)31-14-8-13(23-2)18(28)17(24-3)19(14)32-21/h4-5,9-10,13-15,17-20,23-24,28-29H,6-8H2,1-3H3,(H,26,27)/t10-,13+,14?,15?,17+,18?,19?,20?,21+/m1/s1. The van der Waals surface area contributed by atoms with Gasteiger partial charge in [-0.1, -0.05) is 0 Å². The summed E-state index contributed by atoms with van der Waals surface area (Å²) in [4.78, 5) is 16.6. The topological polar surface area (TPSA) is 134 Å². The zero-order valence-electron chi connectivity index (χ0n) is 18.3. The van der Waals surface area contributed by atoms with Crippen molar-refractivity contribution in [2.24, 2.45) is 0 Å².